The molecule has 0 aliphatic rings. The molecule has 0 bridgehead atoms. The van der Waals surface area contributed by atoms with Crippen LogP contribution >= 0.6 is 0 Å². The average Bonchev–Trinajstić information content (AvgIpc) is 2.53. The van der Waals surface area contributed by atoms with Gasteiger partial charge in [0.05, 0.1) is 0 Å². The van der Waals surface area contributed by atoms with Crippen molar-refractivity contribution >= 4 is 12.1 Å². The van der Waals surface area contributed by atoms with Gasteiger partial charge in [-0.15, -0.1) is 13.2 Å². The van der Waals surface area contributed by atoms with E-state index in [1.54, 1.807) is 0 Å². The molecular weight excluding hydrogens is 284 g/mol. The molecule has 23 heavy (non-hydrogen) atoms. The van der Waals surface area contributed by atoms with Gasteiger partial charge in [0.1, 0.15) is 12.1 Å². The third-order valence-electron chi connectivity index (χ3n) is 4.31. The predicted octanol–water partition coefficient (Wildman–Crippen LogP) is 5.84. The normalized spacial score (nSPS) is 14.1. The fraction of sp³-hybridized carbons (Fsp3) is 0.619. The summed E-state index contributed by atoms with van der Waals surface area (Å²) in [5.74, 6) is 1.24. The van der Waals surface area contributed by atoms with Gasteiger partial charge in [0.25, 0.3) is 0 Å². The second-order valence-corrected chi connectivity index (χ2v) is 6.56. The third-order valence-corrected chi connectivity index (χ3v) is 4.31. The van der Waals surface area contributed by atoms with E-state index in [0.717, 1.165) is 44.8 Å². The molecule has 0 saturated carbocycles. The van der Waals surface area contributed by atoms with E-state index in [1.165, 1.54) is 5.57 Å². The zero-order valence-electron chi connectivity index (χ0n) is 15.1. The molecule has 0 saturated heterocycles. The summed E-state index contributed by atoms with van der Waals surface area (Å²) in [6.45, 7) is 11.8. The molecule has 0 aromatic heterocycles. The van der Waals surface area contributed by atoms with Gasteiger partial charge in [-0.25, -0.2) is 0 Å². The summed E-state index contributed by atoms with van der Waals surface area (Å²) >= 11 is 0. The van der Waals surface area contributed by atoms with Crippen LogP contribution in [0.15, 0.2) is 37.0 Å². The van der Waals surface area contributed by atoms with E-state index in [4.69, 9.17) is 0 Å². The summed E-state index contributed by atoms with van der Waals surface area (Å²) in [7, 11) is 0. The molecule has 0 aliphatic carbocycles. The van der Waals surface area contributed by atoms with Crippen molar-refractivity contribution in [1.29, 1.82) is 0 Å². The van der Waals surface area contributed by atoms with Crippen LogP contribution in [0, 0.1) is 11.8 Å². The molecule has 0 fully saturated rings. The maximum absolute atomic E-state index is 11.9. The lowest BCUT2D eigenvalue weighted by Gasteiger charge is -2.11. The predicted molar refractivity (Wildman–Crippen MR) is 99.4 cm³/mol. The van der Waals surface area contributed by atoms with Gasteiger partial charge in [-0.3, -0.25) is 4.79 Å². The van der Waals surface area contributed by atoms with Crippen LogP contribution in [0.5, 0.6) is 0 Å². The van der Waals surface area contributed by atoms with Crippen LogP contribution in [-0.2, 0) is 9.59 Å². The van der Waals surface area contributed by atoms with Crippen molar-refractivity contribution in [1.82, 2.24) is 0 Å². The summed E-state index contributed by atoms with van der Waals surface area (Å²) < 4.78 is 0. The average molecular weight is 319 g/mol. The molecular formula is C21H34O2. The Morgan fingerprint density at radius 2 is 1.83 bits per heavy atom. The zero-order chi connectivity index (χ0) is 17.5. The Labute approximate surface area is 142 Å². The standard InChI is InChI=1S/C21H34O2/c1-5-9-20(16-17-22)12-8-13-21(23)15-14-19(4)11-7-10-18(3)6-2/h5-6,11,17-18,20H,1-2,7-10,12-16H2,3-4H3/b19-11-. The molecule has 2 unspecified atom stereocenters. The summed E-state index contributed by atoms with van der Waals surface area (Å²) in [5.41, 5.74) is 1.31. The lowest BCUT2D eigenvalue weighted by atomic mass is 9.94. The number of allylic oxidation sites excluding steroid dienone is 4. The van der Waals surface area contributed by atoms with E-state index < -0.39 is 0 Å². The zero-order valence-corrected chi connectivity index (χ0v) is 15.1. The highest BCUT2D eigenvalue weighted by atomic mass is 16.1. The number of carbonyl (C=O) groups excluding carboxylic acids is 2. The summed E-state index contributed by atoms with van der Waals surface area (Å²) in [6, 6.07) is 0. The van der Waals surface area contributed by atoms with Gasteiger partial charge >= 0.3 is 0 Å². The van der Waals surface area contributed by atoms with Crippen molar-refractivity contribution < 1.29 is 9.59 Å². The number of ketones is 1. The minimum Gasteiger partial charge on any atom is -0.303 e. The number of carbonyl (C=O) groups is 2. The Balaban J connectivity index is 3.88. The van der Waals surface area contributed by atoms with Crippen LogP contribution in [-0.4, -0.2) is 12.1 Å². The second-order valence-electron chi connectivity index (χ2n) is 6.56. The van der Waals surface area contributed by atoms with Gasteiger partial charge in [0.2, 0.25) is 0 Å². The van der Waals surface area contributed by atoms with E-state index in [2.05, 4.69) is 33.1 Å². The third kappa shape index (κ3) is 12.8. The fourth-order valence-corrected chi connectivity index (χ4v) is 2.57. The van der Waals surface area contributed by atoms with Crippen LogP contribution in [0.3, 0.4) is 0 Å². The fourth-order valence-electron chi connectivity index (χ4n) is 2.57. The first-order valence-corrected chi connectivity index (χ1v) is 8.87. The minimum absolute atomic E-state index is 0.334. The molecule has 0 amide bonds. The van der Waals surface area contributed by atoms with Gasteiger partial charge in [0, 0.05) is 19.3 Å². The molecule has 0 aromatic carbocycles. The van der Waals surface area contributed by atoms with Crippen molar-refractivity contribution in [3.05, 3.63) is 37.0 Å². The minimum atomic E-state index is 0.334. The molecule has 0 radical (unpaired) electrons. The molecule has 0 heterocycles. The van der Waals surface area contributed by atoms with Crippen molar-refractivity contribution in [3.63, 3.8) is 0 Å². The van der Waals surface area contributed by atoms with Gasteiger partial charge < -0.3 is 4.79 Å². The molecule has 0 aliphatic heterocycles. The van der Waals surface area contributed by atoms with Crippen LogP contribution in [0.4, 0.5) is 0 Å². The van der Waals surface area contributed by atoms with E-state index in [0.29, 0.717) is 36.9 Å². The Morgan fingerprint density at radius 3 is 2.43 bits per heavy atom. The summed E-state index contributed by atoms with van der Waals surface area (Å²) in [4.78, 5) is 22.5. The molecule has 0 spiro atoms. The van der Waals surface area contributed by atoms with Crippen molar-refractivity contribution in [2.24, 2.45) is 11.8 Å². The van der Waals surface area contributed by atoms with Gasteiger partial charge in [-0.1, -0.05) is 30.7 Å². The quantitative estimate of drug-likeness (QED) is 0.281. The number of aldehydes is 1. The van der Waals surface area contributed by atoms with Gasteiger partial charge in [-0.05, 0) is 57.3 Å². The maximum atomic E-state index is 11.9. The van der Waals surface area contributed by atoms with Crippen molar-refractivity contribution in [3.8, 4) is 0 Å². The second kappa shape index (κ2) is 14.2. The number of hydrogen-bond acceptors (Lipinski definition) is 2. The van der Waals surface area contributed by atoms with E-state index in [-0.39, 0.29) is 0 Å². The van der Waals surface area contributed by atoms with Crippen molar-refractivity contribution in [2.45, 2.75) is 71.6 Å². The SMILES string of the molecule is C=CCC(CC=O)CCCC(=O)CC/C(C)=C\CCC(C)C=C. The molecule has 2 heteroatoms. The molecule has 0 N–H and O–H groups in total. The summed E-state index contributed by atoms with van der Waals surface area (Å²) in [5, 5.41) is 0. The number of rotatable bonds is 15. The number of hydrogen-bond donors (Lipinski definition) is 0. The topological polar surface area (TPSA) is 34.1 Å². The summed E-state index contributed by atoms with van der Waals surface area (Å²) in [6.07, 6.45) is 14.6. The first-order valence-electron chi connectivity index (χ1n) is 8.87. The smallest absolute Gasteiger partial charge is 0.133 e. The van der Waals surface area contributed by atoms with Crippen molar-refractivity contribution in [2.75, 3.05) is 0 Å². The monoisotopic (exact) mass is 318 g/mol. The maximum Gasteiger partial charge on any atom is 0.133 e. The van der Waals surface area contributed by atoms with E-state index in [1.807, 2.05) is 12.2 Å². The van der Waals surface area contributed by atoms with Crippen LogP contribution in [0.1, 0.15) is 71.6 Å². The van der Waals surface area contributed by atoms with Crippen LogP contribution in [0.2, 0.25) is 0 Å². The first-order chi connectivity index (χ1) is 11.0. The lowest BCUT2D eigenvalue weighted by Crippen LogP contribution is -2.03. The highest BCUT2D eigenvalue weighted by Gasteiger charge is 2.08. The lowest BCUT2D eigenvalue weighted by molar-refractivity contribution is -0.119. The molecule has 0 rings (SSSR count). The van der Waals surface area contributed by atoms with Gasteiger partial charge in [0.15, 0.2) is 0 Å². The Bertz CT molecular complexity index is 383. The molecule has 0 aromatic rings. The molecule has 2 nitrogen and oxygen atoms in total. The van der Waals surface area contributed by atoms with E-state index >= 15 is 0 Å². The highest BCUT2D eigenvalue weighted by Crippen LogP contribution is 2.17. The van der Waals surface area contributed by atoms with E-state index in [9.17, 15) is 9.59 Å². The Morgan fingerprint density at radius 1 is 1.09 bits per heavy atom. The van der Waals surface area contributed by atoms with Crippen LogP contribution < -0.4 is 0 Å². The Hall–Kier alpha value is -1.44. The highest BCUT2D eigenvalue weighted by molar-refractivity contribution is 5.78. The molecule has 2 atom stereocenters. The largest absolute Gasteiger partial charge is 0.303 e. The molecule has 130 valence electrons. The Kier molecular flexibility index (Phi) is 13.3. The first kappa shape index (κ1) is 21.6. The number of Topliss-reactive ketones (excluding diaryl/α,β-unsaturated/α-hetero) is 1. The van der Waals surface area contributed by atoms with Gasteiger partial charge in [-0.2, -0.15) is 0 Å². The van der Waals surface area contributed by atoms with Crippen LogP contribution in [0.25, 0.3) is 0 Å².